The lowest BCUT2D eigenvalue weighted by Gasteiger charge is -2.09. The highest BCUT2D eigenvalue weighted by molar-refractivity contribution is 7.98. The van der Waals surface area contributed by atoms with E-state index in [1.165, 1.54) is 23.1 Å². The number of ether oxygens (including phenoxy) is 1. The molecule has 0 spiro atoms. The lowest BCUT2D eigenvalue weighted by Crippen LogP contribution is -2.21. The van der Waals surface area contributed by atoms with Crippen LogP contribution in [0, 0.1) is 6.92 Å². The number of rotatable bonds is 6. The lowest BCUT2D eigenvalue weighted by molar-refractivity contribution is -0.119. The second kappa shape index (κ2) is 8.83. The van der Waals surface area contributed by atoms with Crippen molar-refractivity contribution >= 4 is 40.7 Å². The number of amides is 1. The van der Waals surface area contributed by atoms with E-state index in [0.717, 1.165) is 15.5 Å². The van der Waals surface area contributed by atoms with Crippen LogP contribution in [-0.2, 0) is 9.53 Å². The molecule has 0 radical (unpaired) electrons. The summed E-state index contributed by atoms with van der Waals surface area (Å²) >= 11 is 2.79. The highest BCUT2D eigenvalue weighted by Crippen LogP contribution is 2.28. The number of nitrogens with one attached hydrogen (secondary N) is 1. The Morgan fingerprint density at radius 2 is 1.81 bits per heavy atom. The minimum Gasteiger partial charge on any atom is -0.451 e. The van der Waals surface area contributed by atoms with Gasteiger partial charge < -0.3 is 10.1 Å². The topological polar surface area (TPSA) is 68.3 Å². The minimum atomic E-state index is -0.541. The predicted molar refractivity (Wildman–Crippen MR) is 109 cm³/mol. The first-order valence-corrected chi connectivity index (χ1v) is 10.3. The number of hydrogen-bond acceptors (Lipinski definition) is 6. The van der Waals surface area contributed by atoms with Crippen LogP contribution >= 0.6 is 23.1 Å². The van der Waals surface area contributed by atoms with E-state index in [0.29, 0.717) is 16.3 Å². The van der Waals surface area contributed by atoms with Gasteiger partial charge in [0.15, 0.2) is 6.61 Å². The van der Waals surface area contributed by atoms with Gasteiger partial charge in [0, 0.05) is 10.5 Å². The molecule has 3 aromatic rings. The van der Waals surface area contributed by atoms with E-state index in [4.69, 9.17) is 4.74 Å². The van der Waals surface area contributed by atoms with Gasteiger partial charge in [-0.1, -0.05) is 42.5 Å². The third-order valence-corrected chi connectivity index (χ3v) is 5.70. The number of carbonyl (C=O) groups excluding carboxylic acids is 2. The summed E-state index contributed by atoms with van der Waals surface area (Å²) in [6.07, 6.45) is 1.93. The largest absolute Gasteiger partial charge is 0.451 e. The second-order valence-corrected chi connectivity index (χ2v) is 7.47. The Labute approximate surface area is 165 Å². The molecule has 0 aliphatic carbocycles. The molecule has 3 rings (SSSR count). The summed E-state index contributed by atoms with van der Waals surface area (Å²) in [5.41, 5.74) is 2.24. The molecule has 7 heteroatoms. The van der Waals surface area contributed by atoms with Gasteiger partial charge in [-0.15, -0.1) is 23.1 Å². The Hall–Kier alpha value is -2.64. The molecule has 0 unspecified atom stereocenters. The van der Waals surface area contributed by atoms with Crippen LogP contribution in [0.15, 0.2) is 59.5 Å². The zero-order chi connectivity index (χ0) is 19.2. The fourth-order valence-corrected chi connectivity index (χ4v) is 3.94. The van der Waals surface area contributed by atoms with E-state index in [-0.39, 0.29) is 12.5 Å². The zero-order valence-corrected chi connectivity index (χ0v) is 16.5. The van der Waals surface area contributed by atoms with Crippen LogP contribution in [0.25, 0.3) is 10.6 Å². The monoisotopic (exact) mass is 398 g/mol. The number of benzene rings is 2. The van der Waals surface area contributed by atoms with Crippen molar-refractivity contribution in [1.29, 1.82) is 0 Å². The van der Waals surface area contributed by atoms with Crippen molar-refractivity contribution in [1.82, 2.24) is 4.98 Å². The first kappa shape index (κ1) is 19.1. The summed E-state index contributed by atoms with van der Waals surface area (Å²) in [6.45, 7) is 1.41. The molecule has 0 aliphatic rings. The molecule has 0 fully saturated rings. The first-order valence-electron chi connectivity index (χ1n) is 8.21. The van der Waals surface area contributed by atoms with E-state index in [1.54, 1.807) is 6.92 Å². The van der Waals surface area contributed by atoms with Gasteiger partial charge in [0.1, 0.15) is 9.88 Å². The Morgan fingerprint density at radius 1 is 1.11 bits per heavy atom. The van der Waals surface area contributed by atoms with Crippen molar-refractivity contribution < 1.29 is 14.3 Å². The van der Waals surface area contributed by atoms with E-state index in [2.05, 4.69) is 10.3 Å². The summed E-state index contributed by atoms with van der Waals surface area (Å²) in [7, 11) is 0. The molecule has 138 valence electrons. The maximum absolute atomic E-state index is 12.4. The number of aryl methyl sites for hydroxylation is 1. The Balaban J connectivity index is 1.62. The van der Waals surface area contributed by atoms with Crippen molar-refractivity contribution in [3.63, 3.8) is 0 Å². The number of anilines is 1. The van der Waals surface area contributed by atoms with Gasteiger partial charge in [0.2, 0.25) is 0 Å². The number of esters is 1. The number of nitrogens with zero attached hydrogens (tertiary/aromatic N) is 1. The molecule has 0 atom stereocenters. The van der Waals surface area contributed by atoms with E-state index >= 15 is 0 Å². The third kappa shape index (κ3) is 4.75. The first-order chi connectivity index (χ1) is 13.1. The summed E-state index contributed by atoms with van der Waals surface area (Å²) in [5, 5.41) is 3.51. The average Bonchev–Trinajstić information content (AvgIpc) is 3.09. The summed E-state index contributed by atoms with van der Waals surface area (Å²) in [6, 6.07) is 17.1. The number of para-hydroxylation sites is 1. The van der Waals surface area contributed by atoms with Crippen LogP contribution in [0.4, 0.5) is 5.69 Å². The Morgan fingerprint density at radius 3 is 2.56 bits per heavy atom. The predicted octanol–water partition coefficient (Wildman–Crippen LogP) is 4.64. The van der Waals surface area contributed by atoms with Gasteiger partial charge in [-0.2, -0.15) is 0 Å². The van der Waals surface area contributed by atoms with Crippen LogP contribution in [0.2, 0.25) is 0 Å². The van der Waals surface area contributed by atoms with E-state index in [1.807, 2.05) is 60.9 Å². The maximum Gasteiger partial charge on any atom is 0.350 e. The van der Waals surface area contributed by atoms with Crippen molar-refractivity contribution in [2.24, 2.45) is 0 Å². The Kier molecular flexibility index (Phi) is 6.26. The molecule has 27 heavy (non-hydrogen) atoms. The second-order valence-electron chi connectivity index (χ2n) is 5.62. The number of thioether (sulfide) groups is 1. The molecule has 2 aromatic carbocycles. The van der Waals surface area contributed by atoms with Gasteiger partial charge in [-0.25, -0.2) is 9.78 Å². The van der Waals surface area contributed by atoms with E-state index < -0.39 is 5.97 Å². The Bertz CT molecular complexity index is 955. The molecule has 0 saturated carbocycles. The third-order valence-electron chi connectivity index (χ3n) is 3.72. The van der Waals surface area contributed by atoms with Crippen LogP contribution in [0.1, 0.15) is 15.4 Å². The van der Waals surface area contributed by atoms with Gasteiger partial charge in [0.05, 0.1) is 11.4 Å². The highest BCUT2D eigenvalue weighted by Gasteiger charge is 2.19. The van der Waals surface area contributed by atoms with Gasteiger partial charge in [-0.05, 0) is 25.3 Å². The van der Waals surface area contributed by atoms with Gasteiger partial charge >= 0.3 is 5.97 Å². The fourth-order valence-electron chi connectivity index (χ4n) is 2.42. The molecule has 0 bridgehead atoms. The number of carbonyl (C=O) groups is 2. The molecule has 1 heterocycles. The smallest absolute Gasteiger partial charge is 0.350 e. The SMILES string of the molecule is CSc1ccccc1NC(=O)COC(=O)c1sc(-c2ccccc2)nc1C. The molecule has 1 aromatic heterocycles. The minimum absolute atomic E-state index is 0.348. The van der Waals surface area contributed by atoms with Crippen molar-refractivity contribution in [3.8, 4) is 10.6 Å². The van der Waals surface area contributed by atoms with Crippen molar-refractivity contribution in [2.45, 2.75) is 11.8 Å². The number of aromatic nitrogens is 1. The normalized spacial score (nSPS) is 10.4. The molecule has 1 amide bonds. The number of thiazole rings is 1. The highest BCUT2D eigenvalue weighted by atomic mass is 32.2. The molecule has 0 saturated heterocycles. The molecule has 5 nitrogen and oxygen atoms in total. The van der Waals surface area contributed by atoms with Gasteiger partial charge in [0.25, 0.3) is 5.91 Å². The van der Waals surface area contributed by atoms with Crippen molar-refractivity contribution in [2.75, 3.05) is 18.2 Å². The van der Waals surface area contributed by atoms with Crippen LogP contribution in [0.3, 0.4) is 0 Å². The summed E-state index contributed by atoms with van der Waals surface area (Å²) in [5.74, 6) is -0.921. The summed E-state index contributed by atoms with van der Waals surface area (Å²) in [4.78, 5) is 30.3. The summed E-state index contributed by atoms with van der Waals surface area (Å²) < 4.78 is 5.18. The standard InChI is InChI=1S/C20H18N2O3S2/c1-13-18(27-19(21-13)14-8-4-3-5-9-14)20(24)25-12-17(23)22-15-10-6-7-11-16(15)26-2/h3-11H,12H2,1-2H3,(H,22,23). The lowest BCUT2D eigenvalue weighted by atomic mass is 10.2. The molecular weight excluding hydrogens is 380 g/mol. The maximum atomic E-state index is 12.4. The molecular formula is C20H18N2O3S2. The number of hydrogen-bond donors (Lipinski definition) is 1. The zero-order valence-electron chi connectivity index (χ0n) is 14.9. The molecule has 1 N–H and O–H groups in total. The quantitative estimate of drug-likeness (QED) is 0.484. The van der Waals surface area contributed by atoms with Gasteiger partial charge in [-0.3, -0.25) is 4.79 Å². The van der Waals surface area contributed by atoms with Crippen molar-refractivity contribution in [3.05, 3.63) is 65.2 Å². The average molecular weight is 399 g/mol. The van der Waals surface area contributed by atoms with Crippen LogP contribution in [0.5, 0.6) is 0 Å². The molecule has 0 aliphatic heterocycles. The van der Waals surface area contributed by atoms with Crippen LogP contribution < -0.4 is 5.32 Å². The fraction of sp³-hybridized carbons (Fsp3) is 0.150. The van der Waals surface area contributed by atoms with Crippen LogP contribution in [-0.4, -0.2) is 29.7 Å². The van der Waals surface area contributed by atoms with E-state index in [9.17, 15) is 9.59 Å².